The van der Waals surface area contributed by atoms with Crippen LogP contribution in [0.25, 0.3) is 23.4 Å². The van der Waals surface area contributed by atoms with E-state index >= 15 is 0 Å². The number of hydrogen-bond acceptors (Lipinski definition) is 2. The lowest BCUT2D eigenvalue weighted by molar-refractivity contribution is 0.414. The van der Waals surface area contributed by atoms with Gasteiger partial charge in [-0.2, -0.15) is 5.10 Å². The number of nitrogens with one attached hydrogen (secondary N) is 1. The van der Waals surface area contributed by atoms with Crippen molar-refractivity contribution in [2.24, 2.45) is 0 Å². The summed E-state index contributed by atoms with van der Waals surface area (Å²) in [5.74, 6) is 1.14. The molecule has 0 saturated heterocycles. The Morgan fingerprint density at radius 3 is 2.60 bits per heavy atom. The maximum absolute atomic E-state index is 6.09. The van der Waals surface area contributed by atoms with Gasteiger partial charge in [-0.15, -0.1) is 0 Å². The van der Waals surface area contributed by atoms with Gasteiger partial charge in [-0.1, -0.05) is 41.4 Å². The monoisotopic (exact) mass is 370 g/mol. The summed E-state index contributed by atoms with van der Waals surface area (Å²) in [6.45, 7) is 0. The summed E-state index contributed by atoms with van der Waals surface area (Å²) in [4.78, 5) is 0. The summed E-state index contributed by atoms with van der Waals surface area (Å²) in [5, 5.41) is 11.2. The highest BCUT2D eigenvalue weighted by atomic mass is 35.5. The molecule has 0 spiro atoms. The third-order valence-electron chi connectivity index (χ3n) is 4.42. The number of H-pyrrole nitrogens is 1. The van der Waals surface area contributed by atoms with Gasteiger partial charge in [0.15, 0.2) is 0 Å². The number of aromatic nitrogens is 2. The van der Waals surface area contributed by atoms with Crippen molar-refractivity contribution in [3.8, 4) is 17.0 Å². The predicted octanol–water partition coefficient (Wildman–Crippen LogP) is 4.14. The van der Waals surface area contributed by atoms with E-state index in [4.69, 9.17) is 27.9 Å². The fourth-order valence-corrected chi connectivity index (χ4v) is 3.67. The second-order valence-electron chi connectivity index (χ2n) is 6.07. The fraction of sp³-hybridized carbons (Fsp3) is 0.150. The van der Waals surface area contributed by atoms with Gasteiger partial charge < -0.3 is 4.74 Å². The lowest BCUT2D eigenvalue weighted by Crippen LogP contribution is -2.28. The zero-order valence-electron chi connectivity index (χ0n) is 13.6. The molecule has 3 aromatic rings. The van der Waals surface area contributed by atoms with E-state index < -0.39 is 0 Å². The minimum atomic E-state index is 0.261. The summed E-state index contributed by atoms with van der Waals surface area (Å²) < 4.78 is 5.29. The largest absolute Gasteiger partial charge is 0.497 e. The molecule has 1 aliphatic carbocycles. The fourth-order valence-electron chi connectivity index (χ4n) is 3.14. The predicted molar refractivity (Wildman–Crippen MR) is 103 cm³/mol. The van der Waals surface area contributed by atoms with Crippen LogP contribution in [0.1, 0.15) is 18.0 Å². The van der Waals surface area contributed by atoms with Crippen LogP contribution in [-0.4, -0.2) is 17.3 Å². The Morgan fingerprint density at radius 1 is 1.04 bits per heavy atom. The molecular formula is C20H16Cl2N2O. The molecule has 0 saturated carbocycles. The first-order valence-electron chi connectivity index (χ1n) is 8.00. The van der Waals surface area contributed by atoms with Crippen LogP contribution in [0.3, 0.4) is 0 Å². The first-order valence-corrected chi connectivity index (χ1v) is 8.76. The molecule has 1 aliphatic rings. The number of aromatic amines is 1. The van der Waals surface area contributed by atoms with Crippen molar-refractivity contribution >= 4 is 35.4 Å². The Labute approximate surface area is 155 Å². The van der Waals surface area contributed by atoms with E-state index in [-0.39, 0.29) is 5.92 Å². The molecule has 25 heavy (non-hydrogen) atoms. The van der Waals surface area contributed by atoms with Crippen LogP contribution in [0.2, 0.25) is 10.0 Å². The van der Waals surface area contributed by atoms with E-state index in [1.54, 1.807) is 13.2 Å². The average molecular weight is 371 g/mol. The number of halogens is 2. The van der Waals surface area contributed by atoms with Crippen LogP contribution in [0, 0.1) is 0 Å². The summed E-state index contributed by atoms with van der Waals surface area (Å²) in [6.07, 6.45) is 5.41. The van der Waals surface area contributed by atoms with Gasteiger partial charge in [0, 0.05) is 27.2 Å². The van der Waals surface area contributed by atoms with Gasteiger partial charge in [-0.05, 0) is 53.3 Å². The van der Waals surface area contributed by atoms with E-state index in [1.165, 1.54) is 10.4 Å². The highest BCUT2D eigenvalue weighted by molar-refractivity contribution is 6.35. The second kappa shape index (κ2) is 6.58. The van der Waals surface area contributed by atoms with Gasteiger partial charge in [-0.3, -0.25) is 5.10 Å². The van der Waals surface area contributed by atoms with Gasteiger partial charge in [0.25, 0.3) is 0 Å². The molecule has 126 valence electrons. The molecule has 1 heterocycles. The SMILES string of the molecule is COc1ccc2c(c1)=CCC(c1cc(-c3cc(Cl)cc(Cl)c3)n[nH]1)C=2. The van der Waals surface area contributed by atoms with Gasteiger partial charge in [0.05, 0.1) is 12.8 Å². The maximum Gasteiger partial charge on any atom is 0.119 e. The van der Waals surface area contributed by atoms with Crippen molar-refractivity contribution in [1.29, 1.82) is 0 Å². The number of hydrogen-bond donors (Lipinski definition) is 1. The molecule has 4 rings (SSSR count). The number of methoxy groups -OCH3 is 1. The Morgan fingerprint density at radius 2 is 1.84 bits per heavy atom. The van der Waals surface area contributed by atoms with E-state index in [1.807, 2.05) is 18.2 Å². The van der Waals surface area contributed by atoms with Crippen molar-refractivity contribution in [2.75, 3.05) is 7.11 Å². The van der Waals surface area contributed by atoms with Gasteiger partial charge >= 0.3 is 0 Å². The van der Waals surface area contributed by atoms with E-state index in [0.29, 0.717) is 10.0 Å². The molecule has 2 aromatic carbocycles. The van der Waals surface area contributed by atoms with Crippen molar-refractivity contribution in [3.63, 3.8) is 0 Å². The Kier molecular flexibility index (Phi) is 4.28. The van der Waals surface area contributed by atoms with E-state index in [9.17, 15) is 0 Å². The maximum atomic E-state index is 6.09. The van der Waals surface area contributed by atoms with Gasteiger partial charge in [0.2, 0.25) is 0 Å². The van der Waals surface area contributed by atoms with Crippen LogP contribution in [0.4, 0.5) is 0 Å². The van der Waals surface area contributed by atoms with Gasteiger partial charge in [-0.25, -0.2) is 0 Å². The lowest BCUT2D eigenvalue weighted by Gasteiger charge is -2.12. The Hall–Kier alpha value is -2.23. The summed E-state index contributed by atoms with van der Waals surface area (Å²) in [7, 11) is 1.69. The van der Waals surface area contributed by atoms with Crippen LogP contribution in [0.5, 0.6) is 5.75 Å². The highest BCUT2D eigenvalue weighted by Crippen LogP contribution is 2.29. The second-order valence-corrected chi connectivity index (χ2v) is 6.95. The number of benzene rings is 2. The standard InChI is InChI=1S/C20H16Cl2N2O/c1-25-18-5-4-12-6-14(3-2-13(12)9-18)19-11-20(24-23-19)15-7-16(21)10-17(22)8-15/h2,4-11,14H,3H2,1H3,(H,23,24). The summed E-state index contributed by atoms with van der Waals surface area (Å²) in [6, 6.07) is 13.6. The molecule has 3 nitrogen and oxygen atoms in total. The molecule has 0 radical (unpaired) electrons. The first kappa shape index (κ1) is 16.2. The lowest BCUT2D eigenvalue weighted by atomic mass is 9.94. The van der Waals surface area contributed by atoms with E-state index in [0.717, 1.165) is 29.1 Å². The quantitative estimate of drug-likeness (QED) is 0.752. The molecule has 1 aromatic heterocycles. The van der Waals surface area contributed by atoms with Crippen molar-refractivity contribution in [2.45, 2.75) is 12.3 Å². The molecule has 0 bridgehead atoms. The van der Waals surface area contributed by atoms with Gasteiger partial charge in [0.1, 0.15) is 5.75 Å². The van der Waals surface area contributed by atoms with Crippen LogP contribution in [0.15, 0.2) is 42.5 Å². The molecule has 5 heteroatoms. The normalized spacial score (nSPS) is 15.9. The van der Waals surface area contributed by atoms with Crippen LogP contribution >= 0.6 is 23.2 Å². The Bertz CT molecular complexity index is 1040. The Balaban J connectivity index is 1.67. The highest BCUT2D eigenvalue weighted by Gasteiger charge is 2.15. The molecule has 1 N–H and O–H groups in total. The first-order chi connectivity index (χ1) is 12.1. The molecule has 0 amide bonds. The summed E-state index contributed by atoms with van der Waals surface area (Å²) >= 11 is 12.2. The van der Waals surface area contributed by atoms with Crippen molar-refractivity contribution in [1.82, 2.24) is 10.2 Å². The van der Waals surface area contributed by atoms with Crippen LogP contribution in [-0.2, 0) is 0 Å². The number of nitrogens with zero attached hydrogens (tertiary/aromatic N) is 1. The third-order valence-corrected chi connectivity index (χ3v) is 4.86. The molecular weight excluding hydrogens is 355 g/mol. The molecule has 0 fully saturated rings. The van der Waals surface area contributed by atoms with Crippen molar-refractivity contribution < 1.29 is 4.74 Å². The number of ether oxygens (including phenoxy) is 1. The zero-order valence-corrected chi connectivity index (χ0v) is 15.1. The number of rotatable bonds is 3. The molecule has 1 unspecified atom stereocenters. The topological polar surface area (TPSA) is 37.9 Å². The third kappa shape index (κ3) is 3.30. The summed E-state index contributed by atoms with van der Waals surface area (Å²) in [5.41, 5.74) is 2.82. The number of fused-ring (bicyclic) bond motifs is 1. The molecule has 1 atom stereocenters. The molecule has 0 aliphatic heterocycles. The smallest absolute Gasteiger partial charge is 0.119 e. The minimum absolute atomic E-state index is 0.261. The van der Waals surface area contributed by atoms with E-state index in [2.05, 4.69) is 40.5 Å². The average Bonchev–Trinajstić information content (AvgIpc) is 3.10. The van der Waals surface area contributed by atoms with Crippen LogP contribution < -0.4 is 15.2 Å². The van der Waals surface area contributed by atoms with Crippen molar-refractivity contribution in [3.05, 3.63) is 68.6 Å². The zero-order chi connectivity index (χ0) is 17.4. The minimum Gasteiger partial charge on any atom is -0.497 e.